The van der Waals surface area contributed by atoms with Gasteiger partial charge in [0.05, 0.1) is 17.3 Å². The van der Waals surface area contributed by atoms with Crippen molar-refractivity contribution in [1.82, 2.24) is 14.9 Å². The van der Waals surface area contributed by atoms with E-state index in [1.54, 1.807) is 18.1 Å². The van der Waals surface area contributed by atoms with Gasteiger partial charge in [-0.25, -0.2) is 13.6 Å². The number of benzene rings is 1. The molecule has 0 fully saturated rings. The van der Waals surface area contributed by atoms with Gasteiger partial charge in [0.2, 0.25) is 21.8 Å². The Bertz CT molecular complexity index is 870. The Labute approximate surface area is 152 Å². The van der Waals surface area contributed by atoms with E-state index < -0.39 is 10.0 Å². The summed E-state index contributed by atoms with van der Waals surface area (Å²) in [5.74, 6) is 1.24. The summed E-state index contributed by atoms with van der Waals surface area (Å²) >= 11 is 0. The molecule has 0 bridgehead atoms. The Balaban J connectivity index is 2.05. The highest BCUT2D eigenvalue weighted by Gasteiger charge is 2.10. The second kappa shape index (κ2) is 8.11. The van der Waals surface area contributed by atoms with Gasteiger partial charge in [0.25, 0.3) is 0 Å². The number of amides is 1. The molecule has 0 saturated heterocycles. The van der Waals surface area contributed by atoms with Crippen LogP contribution in [0.1, 0.15) is 6.92 Å². The molecule has 0 aliphatic carbocycles. The lowest BCUT2D eigenvalue weighted by atomic mass is 10.3. The molecule has 0 spiro atoms. The Kier molecular flexibility index (Phi) is 6.11. The first kappa shape index (κ1) is 19.6. The van der Waals surface area contributed by atoms with E-state index in [1.807, 2.05) is 11.9 Å². The normalized spacial score (nSPS) is 11.1. The van der Waals surface area contributed by atoms with Crippen molar-refractivity contribution in [2.24, 2.45) is 5.14 Å². The lowest BCUT2D eigenvalue weighted by molar-refractivity contribution is -0.127. The SMILES string of the molecule is CC(=O)N(C)CCN(C)c1cncc(Oc2ccc(S(N)(=O)=O)cc2)n1. The van der Waals surface area contributed by atoms with Crippen LogP contribution in [0.4, 0.5) is 5.82 Å². The van der Waals surface area contributed by atoms with Crippen molar-refractivity contribution in [1.29, 1.82) is 0 Å². The molecule has 0 unspecified atom stereocenters. The third-order valence-corrected chi connectivity index (χ3v) is 4.60. The van der Waals surface area contributed by atoms with E-state index in [0.717, 1.165) is 0 Å². The summed E-state index contributed by atoms with van der Waals surface area (Å²) in [7, 11) is -0.183. The van der Waals surface area contributed by atoms with Gasteiger partial charge in [0, 0.05) is 34.1 Å². The van der Waals surface area contributed by atoms with Crippen molar-refractivity contribution >= 4 is 21.7 Å². The lowest BCUT2D eigenvalue weighted by Crippen LogP contribution is -2.33. The second-order valence-electron chi connectivity index (χ2n) is 5.70. The van der Waals surface area contributed by atoms with E-state index in [0.29, 0.717) is 24.7 Å². The van der Waals surface area contributed by atoms with E-state index in [1.165, 1.54) is 37.4 Å². The van der Waals surface area contributed by atoms with Gasteiger partial charge in [-0.3, -0.25) is 9.78 Å². The van der Waals surface area contributed by atoms with Gasteiger partial charge in [0.15, 0.2) is 5.82 Å². The second-order valence-corrected chi connectivity index (χ2v) is 7.26. The number of primary sulfonamides is 1. The predicted octanol–water partition coefficient (Wildman–Crippen LogP) is 0.831. The summed E-state index contributed by atoms with van der Waals surface area (Å²) in [6.45, 7) is 2.64. The van der Waals surface area contributed by atoms with E-state index >= 15 is 0 Å². The summed E-state index contributed by atoms with van der Waals surface area (Å²) in [5.41, 5.74) is 0. The van der Waals surface area contributed by atoms with E-state index in [9.17, 15) is 13.2 Å². The van der Waals surface area contributed by atoms with Crippen molar-refractivity contribution in [2.45, 2.75) is 11.8 Å². The first-order valence-electron chi connectivity index (χ1n) is 7.72. The number of rotatable bonds is 7. The molecule has 140 valence electrons. The zero-order chi connectivity index (χ0) is 19.3. The summed E-state index contributed by atoms with van der Waals surface area (Å²) in [4.78, 5) is 23.2. The van der Waals surface area contributed by atoms with Crippen LogP contribution in [0, 0.1) is 0 Å². The quantitative estimate of drug-likeness (QED) is 0.757. The fraction of sp³-hybridized carbons (Fsp3) is 0.312. The molecule has 1 aromatic carbocycles. The molecular weight excluding hydrogens is 358 g/mol. The number of nitrogens with two attached hydrogens (primary N) is 1. The van der Waals surface area contributed by atoms with E-state index in [-0.39, 0.29) is 16.7 Å². The zero-order valence-corrected chi connectivity index (χ0v) is 15.6. The van der Waals surface area contributed by atoms with Crippen LogP contribution in [0.2, 0.25) is 0 Å². The van der Waals surface area contributed by atoms with Gasteiger partial charge in [-0.05, 0) is 24.3 Å². The number of sulfonamides is 1. The minimum atomic E-state index is -3.75. The smallest absolute Gasteiger partial charge is 0.239 e. The number of anilines is 1. The number of aromatic nitrogens is 2. The highest BCUT2D eigenvalue weighted by Crippen LogP contribution is 2.22. The number of nitrogens with zero attached hydrogens (tertiary/aromatic N) is 4. The maximum Gasteiger partial charge on any atom is 0.239 e. The third kappa shape index (κ3) is 5.39. The first-order chi connectivity index (χ1) is 12.2. The maximum absolute atomic E-state index is 11.3. The molecule has 1 heterocycles. The van der Waals surface area contributed by atoms with Gasteiger partial charge >= 0.3 is 0 Å². The van der Waals surface area contributed by atoms with Gasteiger partial charge < -0.3 is 14.5 Å². The standard InChI is InChI=1S/C16H21N5O4S/c1-12(22)20(2)8-9-21(3)15-10-18-11-16(19-15)25-13-4-6-14(7-5-13)26(17,23)24/h4-7,10-11H,8-9H2,1-3H3,(H2,17,23,24). The van der Waals surface area contributed by atoms with Gasteiger partial charge in [0.1, 0.15) is 5.75 Å². The van der Waals surface area contributed by atoms with Crippen LogP contribution < -0.4 is 14.8 Å². The summed E-state index contributed by atoms with van der Waals surface area (Å²) in [6.07, 6.45) is 3.04. The molecule has 26 heavy (non-hydrogen) atoms. The van der Waals surface area contributed by atoms with Crippen LogP contribution in [0.5, 0.6) is 11.6 Å². The maximum atomic E-state index is 11.3. The summed E-state index contributed by atoms with van der Waals surface area (Å²) in [5, 5.41) is 5.06. The molecule has 10 heteroatoms. The molecule has 0 radical (unpaired) electrons. The lowest BCUT2D eigenvalue weighted by Gasteiger charge is -2.22. The van der Waals surface area contributed by atoms with Gasteiger partial charge in [-0.1, -0.05) is 0 Å². The number of likely N-dealkylation sites (N-methyl/N-ethyl adjacent to an activating group) is 2. The third-order valence-electron chi connectivity index (χ3n) is 3.67. The highest BCUT2D eigenvalue weighted by molar-refractivity contribution is 7.89. The molecule has 0 saturated carbocycles. The molecule has 0 aliphatic rings. The largest absolute Gasteiger partial charge is 0.437 e. The Morgan fingerprint density at radius 3 is 2.38 bits per heavy atom. The first-order valence-corrected chi connectivity index (χ1v) is 9.27. The number of ether oxygens (including phenoxy) is 1. The van der Waals surface area contributed by atoms with Crippen molar-refractivity contribution in [3.63, 3.8) is 0 Å². The van der Waals surface area contributed by atoms with Crippen molar-refractivity contribution in [3.8, 4) is 11.6 Å². The molecule has 0 aliphatic heterocycles. The van der Waals surface area contributed by atoms with Crippen LogP contribution >= 0.6 is 0 Å². The predicted molar refractivity (Wildman–Crippen MR) is 96.5 cm³/mol. The Morgan fingerprint density at radius 2 is 1.81 bits per heavy atom. The van der Waals surface area contributed by atoms with Crippen LogP contribution in [-0.2, 0) is 14.8 Å². The fourth-order valence-electron chi connectivity index (χ4n) is 1.96. The Hall–Kier alpha value is -2.72. The molecule has 2 rings (SSSR count). The monoisotopic (exact) mass is 379 g/mol. The number of carbonyl (C=O) groups excluding carboxylic acids is 1. The molecule has 1 amide bonds. The minimum Gasteiger partial charge on any atom is -0.437 e. The zero-order valence-electron chi connectivity index (χ0n) is 14.8. The molecule has 1 aromatic heterocycles. The van der Waals surface area contributed by atoms with E-state index in [4.69, 9.17) is 9.88 Å². The number of carbonyl (C=O) groups is 1. The van der Waals surface area contributed by atoms with Gasteiger partial charge in [-0.15, -0.1) is 0 Å². The number of hydrogen-bond acceptors (Lipinski definition) is 7. The average Bonchev–Trinajstić information content (AvgIpc) is 2.59. The molecule has 2 aromatic rings. The fourth-order valence-corrected chi connectivity index (χ4v) is 2.48. The van der Waals surface area contributed by atoms with Crippen molar-refractivity contribution < 1.29 is 17.9 Å². The van der Waals surface area contributed by atoms with Gasteiger partial charge in [-0.2, -0.15) is 4.98 Å². The van der Waals surface area contributed by atoms with Crippen molar-refractivity contribution in [2.75, 3.05) is 32.1 Å². The average molecular weight is 379 g/mol. The topological polar surface area (TPSA) is 119 Å². The highest BCUT2D eigenvalue weighted by atomic mass is 32.2. The molecule has 9 nitrogen and oxygen atoms in total. The van der Waals surface area contributed by atoms with Crippen molar-refractivity contribution in [3.05, 3.63) is 36.7 Å². The van der Waals surface area contributed by atoms with E-state index in [2.05, 4.69) is 9.97 Å². The molecule has 2 N–H and O–H groups in total. The summed E-state index contributed by atoms with van der Waals surface area (Å²) in [6, 6.07) is 5.68. The Morgan fingerprint density at radius 1 is 1.15 bits per heavy atom. The van der Waals surface area contributed by atoms with Crippen LogP contribution in [0.25, 0.3) is 0 Å². The number of hydrogen-bond donors (Lipinski definition) is 1. The van der Waals surface area contributed by atoms with Crippen LogP contribution in [0.15, 0.2) is 41.6 Å². The molecular formula is C16H21N5O4S. The van der Waals surface area contributed by atoms with Crippen LogP contribution in [0.3, 0.4) is 0 Å². The van der Waals surface area contributed by atoms with Crippen LogP contribution in [-0.4, -0.2) is 56.4 Å². The summed E-state index contributed by atoms with van der Waals surface area (Å²) < 4.78 is 28.1. The molecule has 0 atom stereocenters. The minimum absolute atomic E-state index is 0.000917.